The molecule has 0 radical (unpaired) electrons. The van der Waals surface area contributed by atoms with Gasteiger partial charge in [0, 0.05) is 18.0 Å². The number of carbonyl (C=O) groups is 1. The van der Waals surface area contributed by atoms with Gasteiger partial charge in [0.2, 0.25) is 0 Å². The average molecular weight is 220 g/mol. The molecule has 2 unspecified atom stereocenters. The lowest BCUT2D eigenvalue weighted by molar-refractivity contribution is 0.0717. The van der Waals surface area contributed by atoms with Crippen molar-refractivity contribution in [2.24, 2.45) is 0 Å². The van der Waals surface area contributed by atoms with Crippen LogP contribution in [0.4, 0.5) is 0 Å². The first-order chi connectivity index (χ1) is 7.77. The number of nitrogens with zero attached hydrogens (tertiary/aromatic N) is 1. The highest BCUT2D eigenvalue weighted by atomic mass is 16.3. The lowest BCUT2D eigenvalue weighted by Gasteiger charge is -2.28. The molecule has 0 aromatic carbocycles. The van der Waals surface area contributed by atoms with E-state index < -0.39 is 6.10 Å². The van der Waals surface area contributed by atoms with Gasteiger partial charge in [-0.3, -0.25) is 9.78 Å². The van der Waals surface area contributed by atoms with Crippen molar-refractivity contribution in [3.8, 4) is 0 Å². The summed E-state index contributed by atoms with van der Waals surface area (Å²) >= 11 is 0. The summed E-state index contributed by atoms with van der Waals surface area (Å²) in [6.07, 6.45) is 6.53. The van der Waals surface area contributed by atoms with E-state index in [2.05, 4.69) is 10.3 Å². The lowest BCUT2D eigenvalue weighted by atomic mass is 9.92. The highest BCUT2D eigenvalue weighted by molar-refractivity contribution is 5.94. The zero-order chi connectivity index (χ0) is 11.4. The summed E-state index contributed by atoms with van der Waals surface area (Å²) in [7, 11) is 0. The van der Waals surface area contributed by atoms with E-state index in [0.29, 0.717) is 5.56 Å². The van der Waals surface area contributed by atoms with Crippen LogP contribution in [0, 0.1) is 0 Å². The molecule has 1 aromatic rings. The molecule has 4 nitrogen and oxygen atoms in total. The molecule has 1 aliphatic rings. The van der Waals surface area contributed by atoms with Gasteiger partial charge in [-0.2, -0.15) is 0 Å². The zero-order valence-electron chi connectivity index (χ0n) is 9.10. The molecule has 1 amide bonds. The smallest absolute Gasteiger partial charge is 0.251 e. The third kappa shape index (κ3) is 2.58. The Morgan fingerprint density at radius 2 is 2.00 bits per heavy atom. The van der Waals surface area contributed by atoms with Crippen LogP contribution in [-0.4, -0.2) is 28.1 Å². The summed E-state index contributed by atoms with van der Waals surface area (Å²) in [6, 6.07) is 3.24. The molecule has 0 aliphatic heterocycles. The minimum atomic E-state index is -0.403. The second-order valence-electron chi connectivity index (χ2n) is 4.17. The van der Waals surface area contributed by atoms with E-state index in [4.69, 9.17) is 0 Å². The average Bonchev–Trinajstić information content (AvgIpc) is 2.33. The number of carbonyl (C=O) groups excluding carboxylic acids is 1. The highest BCUT2D eigenvalue weighted by Crippen LogP contribution is 2.18. The van der Waals surface area contributed by atoms with E-state index in [0.717, 1.165) is 25.7 Å². The van der Waals surface area contributed by atoms with Crippen molar-refractivity contribution in [3.05, 3.63) is 30.1 Å². The number of hydrogen-bond donors (Lipinski definition) is 2. The number of hydrogen-bond acceptors (Lipinski definition) is 3. The summed E-state index contributed by atoms with van der Waals surface area (Å²) in [5, 5.41) is 12.6. The SMILES string of the molecule is O=C(NC1CCCCC1O)c1ccncc1. The van der Waals surface area contributed by atoms with Gasteiger partial charge >= 0.3 is 0 Å². The molecule has 1 aromatic heterocycles. The minimum Gasteiger partial charge on any atom is -0.391 e. The number of nitrogens with one attached hydrogen (secondary N) is 1. The van der Waals surface area contributed by atoms with E-state index in [1.165, 1.54) is 0 Å². The van der Waals surface area contributed by atoms with E-state index in [-0.39, 0.29) is 11.9 Å². The predicted octanol–water partition coefficient (Wildman–Crippen LogP) is 1.11. The molecule has 0 spiro atoms. The first-order valence-corrected chi connectivity index (χ1v) is 5.66. The molecule has 86 valence electrons. The van der Waals surface area contributed by atoms with Crippen LogP contribution >= 0.6 is 0 Å². The molecule has 4 heteroatoms. The Bertz CT molecular complexity index is 353. The van der Waals surface area contributed by atoms with Crippen molar-refractivity contribution in [2.75, 3.05) is 0 Å². The molecule has 16 heavy (non-hydrogen) atoms. The van der Waals surface area contributed by atoms with Crippen molar-refractivity contribution in [1.82, 2.24) is 10.3 Å². The third-order valence-electron chi connectivity index (χ3n) is 2.99. The number of aliphatic hydroxyl groups is 1. The second kappa shape index (κ2) is 5.07. The summed E-state index contributed by atoms with van der Waals surface area (Å²) < 4.78 is 0. The van der Waals surface area contributed by atoms with Gasteiger partial charge < -0.3 is 10.4 Å². The largest absolute Gasteiger partial charge is 0.391 e. The van der Waals surface area contributed by atoms with Crippen LogP contribution < -0.4 is 5.32 Å². The van der Waals surface area contributed by atoms with Gasteiger partial charge in [0.05, 0.1) is 12.1 Å². The Morgan fingerprint density at radius 1 is 1.31 bits per heavy atom. The Hall–Kier alpha value is -1.42. The molecule has 2 N–H and O–H groups in total. The summed E-state index contributed by atoms with van der Waals surface area (Å²) in [6.45, 7) is 0. The topological polar surface area (TPSA) is 62.2 Å². The summed E-state index contributed by atoms with van der Waals surface area (Å²) in [5.74, 6) is -0.131. The van der Waals surface area contributed by atoms with Gasteiger partial charge in [-0.25, -0.2) is 0 Å². The molecule has 1 aliphatic carbocycles. The zero-order valence-corrected chi connectivity index (χ0v) is 9.10. The second-order valence-corrected chi connectivity index (χ2v) is 4.17. The Labute approximate surface area is 94.7 Å². The van der Waals surface area contributed by atoms with Gasteiger partial charge in [0.15, 0.2) is 0 Å². The molecular weight excluding hydrogens is 204 g/mol. The van der Waals surface area contributed by atoms with Crippen LogP contribution in [-0.2, 0) is 0 Å². The molecule has 0 bridgehead atoms. The maximum absolute atomic E-state index is 11.8. The molecular formula is C12H16N2O2. The lowest BCUT2D eigenvalue weighted by Crippen LogP contribution is -2.45. The number of aromatic nitrogens is 1. The minimum absolute atomic E-state index is 0.102. The van der Waals surface area contributed by atoms with Crippen LogP contribution in [0.3, 0.4) is 0 Å². The third-order valence-corrected chi connectivity index (χ3v) is 2.99. The van der Waals surface area contributed by atoms with Gasteiger partial charge in [0.1, 0.15) is 0 Å². The summed E-state index contributed by atoms with van der Waals surface area (Å²) in [5.41, 5.74) is 0.591. The highest BCUT2D eigenvalue weighted by Gasteiger charge is 2.24. The first-order valence-electron chi connectivity index (χ1n) is 5.66. The fourth-order valence-electron chi connectivity index (χ4n) is 2.03. The molecule has 2 rings (SSSR count). The van der Waals surface area contributed by atoms with E-state index >= 15 is 0 Å². The van der Waals surface area contributed by atoms with Gasteiger partial charge in [-0.15, -0.1) is 0 Å². The number of rotatable bonds is 2. The van der Waals surface area contributed by atoms with Crippen molar-refractivity contribution in [3.63, 3.8) is 0 Å². The van der Waals surface area contributed by atoms with Crippen LogP contribution in [0.1, 0.15) is 36.0 Å². The fourth-order valence-corrected chi connectivity index (χ4v) is 2.03. The standard InChI is InChI=1S/C12H16N2O2/c15-11-4-2-1-3-10(11)14-12(16)9-5-7-13-8-6-9/h5-8,10-11,15H,1-4H2,(H,14,16). The normalized spacial score (nSPS) is 25.1. The van der Waals surface area contributed by atoms with E-state index in [9.17, 15) is 9.90 Å². The van der Waals surface area contributed by atoms with Crippen LogP contribution in [0.2, 0.25) is 0 Å². The fraction of sp³-hybridized carbons (Fsp3) is 0.500. The number of amides is 1. The van der Waals surface area contributed by atoms with Gasteiger partial charge in [0.25, 0.3) is 5.91 Å². The Morgan fingerprint density at radius 3 is 2.69 bits per heavy atom. The van der Waals surface area contributed by atoms with Crippen molar-refractivity contribution in [1.29, 1.82) is 0 Å². The van der Waals surface area contributed by atoms with Gasteiger partial charge in [-0.05, 0) is 25.0 Å². The van der Waals surface area contributed by atoms with Gasteiger partial charge in [-0.1, -0.05) is 12.8 Å². The summed E-state index contributed by atoms with van der Waals surface area (Å²) in [4.78, 5) is 15.7. The van der Waals surface area contributed by atoms with E-state index in [1.54, 1.807) is 24.5 Å². The molecule has 1 fully saturated rings. The van der Waals surface area contributed by atoms with Crippen LogP contribution in [0.5, 0.6) is 0 Å². The first kappa shape index (κ1) is 11.1. The quantitative estimate of drug-likeness (QED) is 0.785. The van der Waals surface area contributed by atoms with Crippen LogP contribution in [0.15, 0.2) is 24.5 Å². The van der Waals surface area contributed by atoms with Crippen molar-refractivity contribution >= 4 is 5.91 Å². The molecule has 2 atom stereocenters. The Balaban J connectivity index is 1.96. The Kier molecular flexibility index (Phi) is 3.51. The number of aliphatic hydroxyl groups excluding tert-OH is 1. The molecule has 0 saturated heterocycles. The van der Waals surface area contributed by atoms with Crippen LogP contribution in [0.25, 0.3) is 0 Å². The molecule has 1 saturated carbocycles. The van der Waals surface area contributed by atoms with Crippen molar-refractivity contribution in [2.45, 2.75) is 37.8 Å². The predicted molar refractivity (Wildman–Crippen MR) is 60.0 cm³/mol. The molecule has 1 heterocycles. The number of pyridine rings is 1. The van der Waals surface area contributed by atoms with E-state index in [1.807, 2.05) is 0 Å². The van der Waals surface area contributed by atoms with Crippen molar-refractivity contribution < 1.29 is 9.90 Å². The monoisotopic (exact) mass is 220 g/mol. The maximum atomic E-state index is 11.8. The maximum Gasteiger partial charge on any atom is 0.251 e.